The third kappa shape index (κ3) is 7.42. The lowest BCUT2D eigenvalue weighted by Crippen LogP contribution is -2.49. The number of anilines is 1. The van der Waals surface area contributed by atoms with E-state index in [9.17, 15) is 13.2 Å². The second kappa shape index (κ2) is 12.1. The molecule has 0 radical (unpaired) electrons. The van der Waals surface area contributed by atoms with Crippen molar-refractivity contribution in [2.45, 2.75) is 32.0 Å². The van der Waals surface area contributed by atoms with Crippen molar-refractivity contribution in [2.75, 3.05) is 38.2 Å². The molecular weight excluding hydrogens is 534 g/mol. The maximum absolute atomic E-state index is 13.0. The van der Waals surface area contributed by atoms with Gasteiger partial charge in [0.05, 0.1) is 12.1 Å². The fourth-order valence-electron chi connectivity index (χ4n) is 3.45. The number of nitrogens with zero attached hydrogens (tertiary/aromatic N) is 3. The molecule has 1 aromatic carbocycles. The first-order chi connectivity index (χ1) is 14.9. The quantitative estimate of drug-likeness (QED) is 0.239. The van der Waals surface area contributed by atoms with Gasteiger partial charge in [-0.3, -0.25) is 4.99 Å². The van der Waals surface area contributed by atoms with Gasteiger partial charge in [0.2, 0.25) is 0 Å². The molecule has 1 aliphatic rings. The lowest BCUT2D eigenvalue weighted by atomic mass is 10.1. The molecule has 0 aliphatic carbocycles. The van der Waals surface area contributed by atoms with Crippen LogP contribution in [0.1, 0.15) is 24.0 Å². The number of alkyl halides is 3. The molecule has 0 bridgehead atoms. The first-order valence-corrected chi connectivity index (χ1v) is 10.3. The molecule has 0 unspecified atom stereocenters. The van der Waals surface area contributed by atoms with E-state index in [0.717, 1.165) is 43.4 Å². The largest absolute Gasteiger partial charge is 0.491 e. The highest BCUT2D eigenvalue weighted by atomic mass is 127. The van der Waals surface area contributed by atoms with Gasteiger partial charge in [-0.1, -0.05) is 18.2 Å². The van der Waals surface area contributed by atoms with Crippen molar-refractivity contribution in [3.8, 4) is 5.75 Å². The molecule has 2 aromatic rings. The number of halogens is 4. The van der Waals surface area contributed by atoms with E-state index in [1.165, 1.54) is 18.2 Å². The second-order valence-electron chi connectivity index (χ2n) is 7.44. The lowest BCUT2D eigenvalue weighted by Gasteiger charge is -2.33. The number of rotatable bonds is 6. The Morgan fingerprint density at radius 1 is 1.19 bits per heavy atom. The molecule has 1 saturated heterocycles. The predicted octanol–water partition coefficient (Wildman–Crippen LogP) is 4.24. The third-order valence-corrected chi connectivity index (χ3v) is 5.12. The summed E-state index contributed by atoms with van der Waals surface area (Å²) in [4.78, 5) is 11.0. The Morgan fingerprint density at radius 2 is 1.91 bits per heavy atom. The van der Waals surface area contributed by atoms with E-state index in [-0.39, 0.29) is 42.4 Å². The van der Waals surface area contributed by atoms with E-state index in [4.69, 9.17) is 4.74 Å². The van der Waals surface area contributed by atoms with Crippen molar-refractivity contribution in [1.29, 1.82) is 0 Å². The summed E-state index contributed by atoms with van der Waals surface area (Å²) >= 11 is 0. The molecule has 0 saturated carbocycles. The summed E-state index contributed by atoms with van der Waals surface area (Å²) < 4.78 is 44.4. The highest BCUT2D eigenvalue weighted by Crippen LogP contribution is 2.35. The fourth-order valence-corrected chi connectivity index (χ4v) is 3.45. The molecule has 0 amide bonds. The van der Waals surface area contributed by atoms with Gasteiger partial charge < -0.3 is 20.3 Å². The van der Waals surface area contributed by atoms with Crippen molar-refractivity contribution >= 4 is 35.8 Å². The van der Waals surface area contributed by atoms with Gasteiger partial charge in [-0.15, -0.1) is 24.0 Å². The highest BCUT2D eigenvalue weighted by Gasteiger charge is 2.34. The minimum absolute atomic E-state index is 0. The minimum atomic E-state index is -4.44. The van der Waals surface area contributed by atoms with Gasteiger partial charge in [-0.2, -0.15) is 13.2 Å². The maximum atomic E-state index is 13.0. The summed E-state index contributed by atoms with van der Waals surface area (Å²) in [6.07, 6.45) is -0.692. The Morgan fingerprint density at radius 3 is 2.53 bits per heavy atom. The Bertz CT molecular complexity index is 869. The molecule has 0 atom stereocenters. The van der Waals surface area contributed by atoms with Crippen LogP contribution in [0.4, 0.5) is 19.0 Å². The summed E-state index contributed by atoms with van der Waals surface area (Å²) in [7, 11) is 1.67. The molecule has 2 heterocycles. The van der Waals surface area contributed by atoms with Crippen LogP contribution in [-0.2, 0) is 6.18 Å². The van der Waals surface area contributed by atoms with Crippen LogP contribution >= 0.6 is 24.0 Å². The number of aliphatic imine (C=N–C) groups is 1. The van der Waals surface area contributed by atoms with E-state index in [2.05, 4.69) is 31.6 Å². The number of hydrogen-bond donors (Lipinski definition) is 2. The van der Waals surface area contributed by atoms with Gasteiger partial charge in [0.15, 0.2) is 5.96 Å². The summed E-state index contributed by atoms with van der Waals surface area (Å²) in [5.74, 6) is 1.43. The van der Waals surface area contributed by atoms with Crippen molar-refractivity contribution in [3.63, 3.8) is 0 Å². The SMILES string of the molecule is CN=C(NCCOc1ccccc1C(F)(F)F)NC1CCN(c2ccc(C)cn2)CC1.I. The number of aromatic nitrogens is 1. The number of aryl methyl sites for hydroxylation is 1. The van der Waals surface area contributed by atoms with E-state index >= 15 is 0 Å². The smallest absolute Gasteiger partial charge is 0.419 e. The molecule has 3 rings (SSSR count). The summed E-state index contributed by atoms with van der Waals surface area (Å²) in [5, 5.41) is 6.48. The van der Waals surface area contributed by atoms with Crippen LogP contribution in [0.3, 0.4) is 0 Å². The van der Waals surface area contributed by atoms with Crippen LogP contribution in [-0.4, -0.2) is 50.3 Å². The second-order valence-corrected chi connectivity index (χ2v) is 7.44. The zero-order valence-corrected chi connectivity index (χ0v) is 20.5. The number of para-hydroxylation sites is 1. The monoisotopic (exact) mass is 563 g/mol. The van der Waals surface area contributed by atoms with Crippen molar-refractivity contribution in [1.82, 2.24) is 15.6 Å². The average molecular weight is 563 g/mol. The standard InChI is InChI=1S/C22H28F3N5O.HI/c1-16-7-8-20(28-15-16)30-12-9-17(10-13-30)29-21(26-2)27-11-14-31-19-6-4-3-5-18(19)22(23,24)25;/h3-8,15,17H,9-14H2,1-2H3,(H2,26,27,29);1H. The summed E-state index contributed by atoms with van der Waals surface area (Å²) in [5.41, 5.74) is 0.369. The summed E-state index contributed by atoms with van der Waals surface area (Å²) in [6.45, 7) is 4.22. The number of nitrogens with one attached hydrogen (secondary N) is 2. The molecule has 1 aliphatic heterocycles. The zero-order chi connectivity index (χ0) is 22.3. The average Bonchev–Trinajstić information content (AvgIpc) is 2.76. The van der Waals surface area contributed by atoms with Crippen LogP contribution < -0.4 is 20.3 Å². The normalized spacial score (nSPS) is 15.2. The Balaban J connectivity index is 0.00000363. The Kier molecular flexibility index (Phi) is 9.85. The molecular formula is C22H29F3IN5O. The fraction of sp³-hybridized carbons (Fsp3) is 0.455. The highest BCUT2D eigenvalue weighted by molar-refractivity contribution is 14.0. The lowest BCUT2D eigenvalue weighted by molar-refractivity contribution is -0.138. The first-order valence-electron chi connectivity index (χ1n) is 10.3. The van der Waals surface area contributed by atoms with E-state index < -0.39 is 11.7 Å². The van der Waals surface area contributed by atoms with Gasteiger partial charge in [0, 0.05) is 32.4 Å². The van der Waals surface area contributed by atoms with Crippen molar-refractivity contribution in [3.05, 3.63) is 53.7 Å². The molecule has 2 N–H and O–H groups in total. The van der Waals surface area contributed by atoms with Crippen molar-refractivity contribution in [2.24, 2.45) is 4.99 Å². The van der Waals surface area contributed by atoms with Gasteiger partial charge in [0.25, 0.3) is 0 Å². The summed E-state index contributed by atoms with van der Waals surface area (Å²) in [6, 6.07) is 9.58. The van der Waals surface area contributed by atoms with Crippen LogP contribution in [0, 0.1) is 6.92 Å². The van der Waals surface area contributed by atoms with Crippen LogP contribution in [0.5, 0.6) is 5.75 Å². The van der Waals surface area contributed by atoms with E-state index in [1.54, 1.807) is 7.05 Å². The van der Waals surface area contributed by atoms with Crippen LogP contribution in [0.25, 0.3) is 0 Å². The van der Waals surface area contributed by atoms with Crippen LogP contribution in [0.2, 0.25) is 0 Å². The van der Waals surface area contributed by atoms with Gasteiger partial charge >= 0.3 is 6.18 Å². The third-order valence-electron chi connectivity index (χ3n) is 5.12. The Hall–Kier alpha value is -2.24. The number of benzene rings is 1. The molecule has 0 spiro atoms. The zero-order valence-electron chi connectivity index (χ0n) is 18.2. The van der Waals surface area contributed by atoms with E-state index in [1.807, 2.05) is 19.2 Å². The number of ether oxygens (including phenoxy) is 1. The maximum Gasteiger partial charge on any atom is 0.419 e. The molecule has 176 valence electrons. The molecule has 1 fully saturated rings. The molecule has 10 heteroatoms. The van der Waals surface area contributed by atoms with Gasteiger partial charge in [-0.05, 0) is 43.5 Å². The first kappa shape index (κ1) is 26.0. The molecule has 1 aromatic heterocycles. The molecule has 6 nitrogen and oxygen atoms in total. The molecule has 32 heavy (non-hydrogen) atoms. The topological polar surface area (TPSA) is 61.8 Å². The van der Waals surface area contributed by atoms with Crippen LogP contribution in [0.15, 0.2) is 47.6 Å². The minimum Gasteiger partial charge on any atom is -0.491 e. The van der Waals surface area contributed by atoms with Gasteiger partial charge in [0.1, 0.15) is 18.2 Å². The number of piperidine rings is 1. The predicted molar refractivity (Wildman–Crippen MR) is 131 cm³/mol. The Labute approximate surface area is 203 Å². The van der Waals surface area contributed by atoms with E-state index in [0.29, 0.717) is 12.5 Å². The van der Waals surface area contributed by atoms with Gasteiger partial charge in [-0.25, -0.2) is 4.98 Å². The number of guanidine groups is 1. The number of hydrogen-bond acceptors (Lipinski definition) is 4. The number of pyridine rings is 1. The van der Waals surface area contributed by atoms with Crippen molar-refractivity contribution < 1.29 is 17.9 Å².